The average molecular weight is 899 g/mol. The Balaban J connectivity index is 1.18. The molecule has 11 aromatic rings. The molecule has 0 radical (unpaired) electrons. The molecule has 2 aromatic heterocycles. The Morgan fingerprint density at radius 3 is 1.71 bits per heavy atom. The van der Waals surface area contributed by atoms with Gasteiger partial charge in [0.1, 0.15) is 11.2 Å². The van der Waals surface area contributed by atoms with Crippen LogP contribution in [0.15, 0.2) is 205 Å². The number of benzene rings is 9. The third-order valence-electron chi connectivity index (χ3n) is 15.0. The van der Waals surface area contributed by atoms with Gasteiger partial charge in [-0.25, -0.2) is 0 Å². The molecule has 4 nitrogen and oxygen atoms in total. The molecule has 0 fully saturated rings. The van der Waals surface area contributed by atoms with Gasteiger partial charge in [0, 0.05) is 48.8 Å². The summed E-state index contributed by atoms with van der Waals surface area (Å²) < 4.78 is 26.0. The van der Waals surface area contributed by atoms with Gasteiger partial charge in [-0.1, -0.05) is 169 Å². The van der Waals surface area contributed by atoms with E-state index in [0.29, 0.717) is 0 Å². The summed E-state index contributed by atoms with van der Waals surface area (Å²) in [6.45, 7) is 13.8. The average Bonchev–Trinajstić information content (AvgIpc) is 3.89. The second kappa shape index (κ2) is 14.3. The number of fused-ring (bicyclic) bond motifs is 14. The number of rotatable bonds is 3. The smallest absolute Gasteiger partial charge is 0.171 e. The van der Waals surface area contributed by atoms with E-state index in [4.69, 9.17) is 4.42 Å². The lowest BCUT2D eigenvalue weighted by molar-refractivity contribution is 0.589. The quantitative estimate of drug-likeness (QED) is 0.166. The van der Waals surface area contributed by atoms with Crippen molar-refractivity contribution in [2.45, 2.75) is 57.8 Å². The van der Waals surface area contributed by atoms with Crippen LogP contribution in [0, 0.1) is 0 Å². The molecule has 2 aliphatic rings. The van der Waals surface area contributed by atoms with Crippen molar-refractivity contribution in [1.29, 1.82) is 0 Å². The van der Waals surface area contributed by atoms with Gasteiger partial charge in [-0.15, -0.1) is 0 Å². The largest absolute Gasteiger partial charge is 0.456 e. The first-order valence-electron chi connectivity index (χ1n) is 23.8. The summed E-state index contributed by atoms with van der Waals surface area (Å²) in [4.78, 5) is 2.45. The molecule has 330 valence electrons. The molecule has 4 heterocycles. The van der Waals surface area contributed by atoms with E-state index >= 15 is 4.57 Å². The van der Waals surface area contributed by atoms with E-state index in [9.17, 15) is 0 Å². The summed E-state index contributed by atoms with van der Waals surface area (Å²) in [6.07, 6.45) is 0. The number of hydrogen-bond acceptors (Lipinski definition) is 3. The van der Waals surface area contributed by atoms with Crippen LogP contribution in [0.25, 0.3) is 49.4 Å². The van der Waals surface area contributed by atoms with Gasteiger partial charge >= 0.3 is 0 Å². The zero-order valence-electron chi connectivity index (χ0n) is 39.2. The predicted octanol–water partition coefficient (Wildman–Crippen LogP) is 15.4. The summed E-state index contributed by atoms with van der Waals surface area (Å²) in [5, 5.41) is 7.00. The molecule has 0 amide bonds. The predicted molar refractivity (Wildman–Crippen MR) is 285 cm³/mol. The molecule has 0 saturated carbocycles. The van der Waals surface area contributed by atoms with Crippen LogP contribution in [-0.2, 0) is 20.8 Å². The van der Waals surface area contributed by atoms with Crippen molar-refractivity contribution in [2.75, 3.05) is 4.90 Å². The fourth-order valence-corrected chi connectivity index (χ4v) is 14.8. The van der Waals surface area contributed by atoms with Crippen molar-refractivity contribution < 1.29 is 8.98 Å². The molecule has 0 saturated heterocycles. The van der Waals surface area contributed by atoms with Gasteiger partial charge in [0.2, 0.25) is 0 Å². The van der Waals surface area contributed by atoms with Crippen LogP contribution in [0.5, 0.6) is 0 Å². The SMILES string of the molecule is CC(C)(C)c1ccc2c(c1)c1cc(C(C)(C)C)ccc1n2-c1ccc2c(c1)N(c1ccccc1)c1ccccc1C21c2ccccc2P(=O)(c2ccccc2)c2cc3oc4ccccc4c3cc21. The van der Waals surface area contributed by atoms with Gasteiger partial charge in [-0.3, -0.25) is 0 Å². The van der Waals surface area contributed by atoms with Gasteiger partial charge in [0.15, 0.2) is 7.14 Å². The molecule has 0 aliphatic carbocycles. The maximum absolute atomic E-state index is 16.8. The van der Waals surface area contributed by atoms with E-state index in [2.05, 4.69) is 209 Å². The summed E-state index contributed by atoms with van der Waals surface area (Å²) in [7, 11) is -3.50. The minimum absolute atomic E-state index is 0.0145. The molecule has 13 rings (SSSR count). The Bertz CT molecular complexity index is 3850. The van der Waals surface area contributed by atoms with Crippen molar-refractivity contribution in [3.05, 3.63) is 234 Å². The first-order valence-corrected chi connectivity index (χ1v) is 25.5. The minimum Gasteiger partial charge on any atom is -0.456 e. The standard InChI is InChI=1S/C63H51N2O2P/c1-61(2,3)40-29-33-53-46(35-40)47-36-41(62(4,5)6)30-34-54(47)65(53)43-31-32-50-56(37-43)64(42-19-9-7-10-20-42)55-26-16-14-24-49(55)63(50)51-25-15-18-28-59(51)68(66,44-21-11-8-12-22-44)60-39-58-48(38-52(60)63)45-23-13-17-27-57(45)67-58/h7-39H,1-6H3. The van der Waals surface area contributed by atoms with Crippen LogP contribution in [0.4, 0.5) is 17.1 Å². The molecule has 68 heavy (non-hydrogen) atoms. The normalized spacial score (nSPS) is 17.7. The van der Waals surface area contributed by atoms with E-state index < -0.39 is 12.6 Å². The van der Waals surface area contributed by atoms with Crippen molar-refractivity contribution >= 4 is 83.9 Å². The Hall–Kier alpha value is -7.39. The molecule has 1 spiro atoms. The summed E-state index contributed by atoms with van der Waals surface area (Å²) in [6, 6.07) is 72.2. The molecule has 0 N–H and O–H groups in total. The van der Waals surface area contributed by atoms with Crippen LogP contribution in [0.1, 0.15) is 74.9 Å². The van der Waals surface area contributed by atoms with E-state index in [1.54, 1.807) is 0 Å². The Kier molecular flexibility index (Phi) is 8.60. The number of para-hydroxylation sites is 3. The topological polar surface area (TPSA) is 38.4 Å². The molecular weight excluding hydrogens is 848 g/mol. The molecular formula is C63H51N2O2P. The maximum Gasteiger partial charge on any atom is 0.171 e. The summed E-state index contributed by atoms with van der Waals surface area (Å²) in [5.74, 6) is 0. The van der Waals surface area contributed by atoms with Crippen LogP contribution in [0.3, 0.4) is 0 Å². The number of anilines is 3. The lowest BCUT2D eigenvalue weighted by atomic mass is 9.62. The van der Waals surface area contributed by atoms with Crippen molar-refractivity contribution in [1.82, 2.24) is 4.57 Å². The van der Waals surface area contributed by atoms with E-state index in [1.807, 2.05) is 42.5 Å². The van der Waals surface area contributed by atoms with Crippen LogP contribution in [-0.4, -0.2) is 4.57 Å². The third-order valence-corrected chi connectivity index (χ3v) is 18.1. The Labute approximate surface area is 397 Å². The van der Waals surface area contributed by atoms with Crippen LogP contribution < -0.4 is 20.8 Å². The number of aromatic nitrogens is 1. The second-order valence-electron chi connectivity index (χ2n) is 20.9. The fraction of sp³-hybridized carbons (Fsp3) is 0.143. The lowest BCUT2D eigenvalue weighted by Gasteiger charge is -2.50. The van der Waals surface area contributed by atoms with E-state index in [0.717, 1.165) is 82.9 Å². The highest BCUT2D eigenvalue weighted by molar-refractivity contribution is 7.85. The third kappa shape index (κ3) is 5.59. The maximum atomic E-state index is 16.8. The van der Waals surface area contributed by atoms with Gasteiger partial charge in [0.25, 0.3) is 0 Å². The van der Waals surface area contributed by atoms with Crippen molar-refractivity contribution in [3.8, 4) is 5.69 Å². The zero-order valence-corrected chi connectivity index (χ0v) is 40.1. The first-order chi connectivity index (χ1) is 32.9. The van der Waals surface area contributed by atoms with Crippen molar-refractivity contribution in [3.63, 3.8) is 0 Å². The highest BCUT2D eigenvalue weighted by Crippen LogP contribution is 2.63. The summed E-state index contributed by atoms with van der Waals surface area (Å²) >= 11 is 0. The fourth-order valence-electron chi connectivity index (χ4n) is 11.7. The van der Waals surface area contributed by atoms with Gasteiger partial charge < -0.3 is 18.4 Å². The Morgan fingerprint density at radius 2 is 1.01 bits per heavy atom. The van der Waals surface area contributed by atoms with Gasteiger partial charge in [-0.05, 0) is 117 Å². The lowest BCUT2D eigenvalue weighted by Crippen LogP contribution is -2.49. The highest BCUT2D eigenvalue weighted by atomic mass is 31.2. The minimum atomic E-state index is -3.50. The number of hydrogen-bond donors (Lipinski definition) is 0. The summed E-state index contributed by atoms with van der Waals surface area (Å²) in [5.41, 5.74) is 14.2. The first kappa shape index (κ1) is 40.8. The molecule has 5 heteroatoms. The highest BCUT2D eigenvalue weighted by Gasteiger charge is 2.55. The van der Waals surface area contributed by atoms with Crippen LogP contribution >= 0.6 is 7.14 Å². The monoisotopic (exact) mass is 898 g/mol. The molecule has 9 aromatic carbocycles. The zero-order chi connectivity index (χ0) is 46.3. The number of furan rings is 1. The molecule has 2 unspecified atom stereocenters. The van der Waals surface area contributed by atoms with E-state index in [1.165, 1.54) is 32.9 Å². The number of nitrogens with zero attached hydrogens (tertiary/aromatic N) is 2. The van der Waals surface area contributed by atoms with Crippen molar-refractivity contribution in [2.24, 2.45) is 0 Å². The second-order valence-corrected chi connectivity index (χ2v) is 23.6. The molecule has 2 aliphatic heterocycles. The van der Waals surface area contributed by atoms with Crippen LogP contribution in [0.2, 0.25) is 0 Å². The van der Waals surface area contributed by atoms with Gasteiger partial charge in [0.05, 0.1) is 27.8 Å². The molecule has 0 bridgehead atoms. The Morgan fingerprint density at radius 1 is 0.426 bits per heavy atom. The molecule has 2 atom stereocenters. The van der Waals surface area contributed by atoms with Gasteiger partial charge in [-0.2, -0.15) is 0 Å². The van der Waals surface area contributed by atoms with E-state index in [-0.39, 0.29) is 10.8 Å².